The van der Waals surface area contributed by atoms with Crippen molar-refractivity contribution >= 4 is 17.5 Å². The lowest BCUT2D eigenvalue weighted by molar-refractivity contribution is 0.0917. The molecule has 4 N–H and O–H groups in total. The lowest BCUT2D eigenvalue weighted by atomic mass is 9.86. The minimum Gasteiger partial charge on any atom is -0.348 e. The first-order valence-corrected chi connectivity index (χ1v) is 9.80. The summed E-state index contributed by atoms with van der Waals surface area (Å²) in [7, 11) is 0. The SMILES string of the molecule is CCNC[C@H]1CC[C@H](NC(=O)c2n[nH]cc2NC(=O)c2c(F)cccc2F)CC1. The molecule has 156 valence electrons. The Bertz CT molecular complexity index is 842. The van der Waals surface area contributed by atoms with E-state index in [0.717, 1.165) is 50.9 Å². The number of aromatic amines is 1. The molecule has 1 heterocycles. The van der Waals surface area contributed by atoms with Gasteiger partial charge in [0, 0.05) is 12.2 Å². The molecule has 1 aromatic heterocycles. The number of carbonyl (C=O) groups is 2. The van der Waals surface area contributed by atoms with Gasteiger partial charge in [0.1, 0.15) is 17.2 Å². The molecule has 0 bridgehead atoms. The van der Waals surface area contributed by atoms with E-state index in [-0.39, 0.29) is 17.4 Å². The third kappa shape index (κ3) is 5.17. The maximum Gasteiger partial charge on any atom is 0.274 e. The number of nitrogens with one attached hydrogen (secondary N) is 4. The van der Waals surface area contributed by atoms with Crippen molar-refractivity contribution in [3.05, 3.63) is 47.3 Å². The van der Waals surface area contributed by atoms with Crippen LogP contribution in [0.5, 0.6) is 0 Å². The number of hydrogen-bond acceptors (Lipinski definition) is 4. The highest BCUT2D eigenvalue weighted by Crippen LogP contribution is 2.24. The number of hydrogen-bond donors (Lipinski definition) is 4. The van der Waals surface area contributed by atoms with E-state index in [0.29, 0.717) is 5.92 Å². The second kappa shape index (κ2) is 9.60. The number of benzene rings is 1. The molecule has 0 unspecified atom stereocenters. The van der Waals surface area contributed by atoms with Crippen molar-refractivity contribution in [2.45, 2.75) is 38.6 Å². The topological polar surface area (TPSA) is 98.9 Å². The number of H-pyrrole nitrogens is 1. The number of anilines is 1. The molecular formula is C20H25F2N5O2. The normalized spacial score (nSPS) is 19.0. The van der Waals surface area contributed by atoms with Crippen LogP contribution in [0.4, 0.5) is 14.5 Å². The van der Waals surface area contributed by atoms with Gasteiger partial charge in [0.05, 0.1) is 5.69 Å². The van der Waals surface area contributed by atoms with E-state index in [4.69, 9.17) is 0 Å². The van der Waals surface area contributed by atoms with Gasteiger partial charge in [-0.2, -0.15) is 5.10 Å². The van der Waals surface area contributed by atoms with Crippen molar-refractivity contribution in [3.63, 3.8) is 0 Å². The van der Waals surface area contributed by atoms with Crippen LogP contribution in [0.15, 0.2) is 24.4 Å². The zero-order chi connectivity index (χ0) is 20.8. The van der Waals surface area contributed by atoms with Gasteiger partial charge in [0.25, 0.3) is 11.8 Å². The number of carbonyl (C=O) groups excluding carboxylic acids is 2. The number of halogens is 2. The summed E-state index contributed by atoms with van der Waals surface area (Å²) in [6.45, 7) is 4.01. The summed E-state index contributed by atoms with van der Waals surface area (Å²) >= 11 is 0. The maximum atomic E-state index is 13.8. The van der Waals surface area contributed by atoms with Gasteiger partial charge in [-0.1, -0.05) is 13.0 Å². The van der Waals surface area contributed by atoms with E-state index in [1.807, 2.05) is 0 Å². The first kappa shape index (κ1) is 20.9. The Morgan fingerprint density at radius 1 is 1.14 bits per heavy atom. The van der Waals surface area contributed by atoms with Crippen molar-refractivity contribution in [2.75, 3.05) is 18.4 Å². The molecule has 0 aliphatic heterocycles. The molecule has 1 aliphatic carbocycles. The second-order valence-electron chi connectivity index (χ2n) is 7.20. The van der Waals surface area contributed by atoms with Crippen LogP contribution in [0.2, 0.25) is 0 Å². The summed E-state index contributed by atoms with van der Waals surface area (Å²) in [5.41, 5.74) is -0.667. The molecular weight excluding hydrogens is 380 g/mol. The van der Waals surface area contributed by atoms with Gasteiger partial charge in [-0.15, -0.1) is 0 Å². The van der Waals surface area contributed by atoms with Gasteiger partial charge >= 0.3 is 0 Å². The minimum atomic E-state index is -0.986. The van der Waals surface area contributed by atoms with E-state index in [2.05, 4.69) is 33.1 Å². The summed E-state index contributed by atoms with van der Waals surface area (Å²) in [5.74, 6) is -2.78. The molecule has 9 heteroatoms. The highest BCUT2D eigenvalue weighted by molar-refractivity contribution is 6.08. The Labute approximate surface area is 167 Å². The molecule has 1 aliphatic rings. The summed E-state index contributed by atoms with van der Waals surface area (Å²) < 4.78 is 27.6. The maximum absolute atomic E-state index is 13.8. The van der Waals surface area contributed by atoms with Crippen molar-refractivity contribution in [1.29, 1.82) is 0 Å². The molecule has 1 fully saturated rings. The zero-order valence-corrected chi connectivity index (χ0v) is 16.2. The molecule has 29 heavy (non-hydrogen) atoms. The predicted molar refractivity (Wildman–Crippen MR) is 105 cm³/mol. The number of rotatable bonds is 7. The number of amides is 2. The van der Waals surface area contributed by atoms with Gasteiger partial charge in [-0.3, -0.25) is 14.7 Å². The number of nitrogens with zero attached hydrogens (tertiary/aromatic N) is 1. The molecule has 0 spiro atoms. The van der Waals surface area contributed by atoms with E-state index < -0.39 is 29.0 Å². The fourth-order valence-electron chi connectivity index (χ4n) is 3.57. The van der Waals surface area contributed by atoms with Crippen LogP contribution < -0.4 is 16.0 Å². The molecule has 2 amide bonds. The van der Waals surface area contributed by atoms with Crippen molar-refractivity contribution < 1.29 is 18.4 Å². The van der Waals surface area contributed by atoms with Gasteiger partial charge in [-0.05, 0) is 56.8 Å². The summed E-state index contributed by atoms with van der Waals surface area (Å²) in [6, 6.07) is 3.19. The molecule has 3 rings (SSSR count). The molecule has 2 aromatic rings. The fourth-order valence-corrected chi connectivity index (χ4v) is 3.57. The average molecular weight is 405 g/mol. The molecule has 7 nitrogen and oxygen atoms in total. The van der Waals surface area contributed by atoms with Gasteiger partial charge in [-0.25, -0.2) is 8.78 Å². The zero-order valence-electron chi connectivity index (χ0n) is 16.2. The molecule has 0 radical (unpaired) electrons. The quantitative estimate of drug-likeness (QED) is 0.569. The standard InChI is InChI=1S/C20H25F2N5O2/c1-2-23-10-12-6-8-13(9-7-12)25-20(29)18-16(11-24-27-18)26-19(28)17-14(21)4-3-5-15(17)22/h3-5,11-13,23H,2,6-10H2,1H3,(H,24,27)(H,25,29)(H,26,28)/t12-,13-. The van der Waals surface area contributed by atoms with E-state index in [1.54, 1.807) is 0 Å². The van der Waals surface area contributed by atoms with Crippen LogP contribution >= 0.6 is 0 Å². The third-order valence-corrected chi connectivity index (χ3v) is 5.16. The monoisotopic (exact) mass is 405 g/mol. The average Bonchev–Trinajstić information content (AvgIpc) is 3.15. The van der Waals surface area contributed by atoms with Crippen molar-refractivity contribution in [1.82, 2.24) is 20.8 Å². The lowest BCUT2D eigenvalue weighted by Crippen LogP contribution is -2.39. The van der Waals surface area contributed by atoms with Crippen LogP contribution in [-0.4, -0.2) is 41.1 Å². The third-order valence-electron chi connectivity index (χ3n) is 5.16. The molecule has 1 saturated carbocycles. The van der Waals surface area contributed by atoms with Crippen LogP contribution in [0.3, 0.4) is 0 Å². The first-order valence-electron chi connectivity index (χ1n) is 9.80. The fraction of sp³-hybridized carbons (Fsp3) is 0.450. The predicted octanol–water partition coefficient (Wildman–Crippen LogP) is 2.84. The van der Waals surface area contributed by atoms with E-state index in [9.17, 15) is 18.4 Å². The first-order chi connectivity index (χ1) is 14.0. The number of aromatic nitrogens is 2. The van der Waals surface area contributed by atoms with Crippen LogP contribution in [-0.2, 0) is 0 Å². The lowest BCUT2D eigenvalue weighted by Gasteiger charge is -2.29. The van der Waals surface area contributed by atoms with Crippen LogP contribution in [0.1, 0.15) is 53.5 Å². The smallest absolute Gasteiger partial charge is 0.274 e. The van der Waals surface area contributed by atoms with E-state index >= 15 is 0 Å². The summed E-state index contributed by atoms with van der Waals surface area (Å²) in [6.07, 6.45) is 5.09. The van der Waals surface area contributed by atoms with Crippen LogP contribution in [0, 0.1) is 17.6 Å². The van der Waals surface area contributed by atoms with Gasteiger partial charge in [0.15, 0.2) is 5.69 Å². The molecule has 1 aromatic carbocycles. The Morgan fingerprint density at radius 2 is 1.83 bits per heavy atom. The second-order valence-corrected chi connectivity index (χ2v) is 7.20. The summed E-state index contributed by atoms with van der Waals surface area (Å²) in [5, 5.41) is 15.0. The minimum absolute atomic E-state index is 0.0233. The van der Waals surface area contributed by atoms with Crippen LogP contribution in [0.25, 0.3) is 0 Å². The van der Waals surface area contributed by atoms with E-state index in [1.165, 1.54) is 12.3 Å². The Morgan fingerprint density at radius 3 is 2.48 bits per heavy atom. The largest absolute Gasteiger partial charge is 0.348 e. The Balaban J connectivity index is 1.60. The van der Waals surface area contributed by atoms with Gasteiger partial charge < -0.3 is 16.0 Å². The Hall–Kier alpha value is -2.81. The van der Waals surface area contributed by atoms with Gasteiger partial charge in [0.2, 0.25) is 0 Å². The molecule has 0 saturated heterocycles. The van der Waals surface area contributed by atoms with Crippen molar-refractivity contribution in [3.8, 4) is 0 Å². The highest BCUT2D eigenvalue weighted by atomic mass is 19.1. The molecule has 0 atom stereocenters. The Kier molecular flexibility index (Phi) is 6.92. The highest BCUT2D eigenvalue weighted by Gasteiger charge is 2.25. The van der Waals surface area contributed by atoms with Crippen molar-refractivity contribution in [2.24, 2.45) is 5.92 Å². The summed E-state index contributed by atoms with van der Waals surface area (Å²) in [4.78, 5) is 24.9.